The van der Waals surface area contributed by atoms with Crippen molar-refractivity contribution in [3.63, 3.8) is 0 Å². The summed E-state index contributed by atoms with van der Waals surface area (Å²) < 4.78 is 10.6. The second kappa shape index (κ2) is 8.63. The van der Waals surface area contributed by atoms with Gasteiger partial charge in [0.15, 0.2) is 0 Å². The molecule has 1 aliphatic carbocycles. The van der Waals surface area contributed by atoms with E-state index >= 15 is 0 Å². The van der Waals surface area contributed by atoms with Crippen molar-refractivity contribution < 1.29 is 24.2 Å². The first-order valence-electron chi connectivity index (χ1n) is 10.2. The van der Waals surface area contributed by atoms with Crippen molar-refractivity contribution in [3.05, 3.63) is 64.2 Å². The minimum Gasteiger partial charge on any atom is -0.507 e. The number of Topliss-reactive ketones (excluding diaryl/α,β-unsaturated/α-hetero) is 1. The third kappa shape index (κ3) is 3.76. The summed E-state index contributed by atoms with van der Waals surface area (Å²) in [6, 6.07) is 11.2. The Hall–Kier alpha value is -2.99. The van der Waals surface area contributed by atoms with E-state index in [4.69, 9.17) is 21.1 Å². The molecule has 1 saturated heterocycles. The topological polar surface area (TPSA) is 76.1 Å². The van der Waals surface area contributed by atoms with Crippen LogP contribution in [0.4, 0.5) is 0 Å². The molecule has 31 heavy (non-hydrogen) atoms. The van der Waals surface area contributed by atoms with E-state index in [-0.39, 0.29) is 22.9 Å². The van der Waals surface area contributed by atoms with Gasteiger partial charge in [0.2, 0.25) is 0 Å². The molecule has 0 aromatic heterocycles. The number of benzene rings is 2. The van der Waals surface area contributed by atoms with Gasteiger partial charge in [-0.1, -0.05) is 36.6 Å². The van der Waals surface area contributed by atoms with Gasteiger partial charge in [-0.05, 0) is 48.7 Å². The Morgan fingerprint density at radius 2 is 1.71 bits per heavy atom. The van der Waals surface area contributed by atoms with Gasteiger partial charge in [0.25, 0.3) is 11.7 Å². The molecule has 1 aliphatic heterocycles. The maximum atomic E-state index is 13.2. The number of methoxy groups -OCH3 is 2. The summed E-state index contributed by atoms with van der Waals surface area (Å²) in [5.74, 6) is -0.554. The van der Waals surface area contributed by atoms with Gasteiger partial charge in [0.05, 0.1) is 31.4 Å². The number of aliphatic hydroxyl groups is 1. The number of likely N-dealkylation sites (tertiary alicyclic amines) is 1. The number of halogens is 1. The highest BCUT2D eigenvalue weighted by Crippen LogP contribution is 2.44. The van der Waals surface area contributed by atoms with Crippen LogP contribution in [-0.2, 0) is 9.59 Å². The van der Waals surface area contributed by atoms with E-state index in [2.05, 4.69) is 0 Å². The number of carbonyl (C=O) groups is 2. The Morgan fingerprint density at radius 1 is 1.03 bits per heavy atom. The average molecular weight is 442 g/mol. The molecule has 7 heteroatoms. The van der Waals surface area contributed by atoms with Crippen molar-refractivity contribution in [2.45, 2.75) is 37.8 Å². The Morgan fingerprint density at radius 3 is 2.32 bits per heavy atom. The number of ether oxygens (including phenoxy) is 2. The summed E-state index contributed by atoms with van der Waals surface area (Å²) in [5.41, 5.74) is 1.05. The predicted octanol–water partition coefficient (Wildman–Crippen LogP) is 4.72. The first-order chi connectivity index (χ1) is 15.0. The van der Waals surface area contributed by atoms with Crippen molar-refractivity contribution in [2.75, 3.05) is 14.2 Å². The maximum Gasteiger partial charge on any atom is 0.295 e. The number of hydrogen-bond donors (Lipinski definition) is 1. The number of carbonyl (C=O) groups excluding carboxylic acids is 2. The second-order valence-electron chi connectivity index (χ2n) is 7.76. The molecule has 1 amide bonds. The third-order valence-corrected chi connectivity index (χ3v) is 6.28. The lowest BCUT2D eigenvalue weighted by molar-refractivity contribution is -0.141. The van der Waals surface area contributed by atoms with E-state index in [1.807, 2.05) is 12.1 Å². The minimum atomic E-state index is -0.702. The van der Waals surface area contributed by atoms with Crippen molar-refractivity contribution in [2.24, 2.45) is 0 Å². The van der Waals surface area contributed by atoms with Gasteiger partial charge in [-0.25, -0.2) is 0 Å². The van der Waals surface area contributed by atoms with Gasteiger partial charge in [0, 0.05) is 11.1 Å². The smallest absolute Gasteiger partial charge is 0.295 e. The number of aliphatic hydroxyl groups excluding tert-OH is 1. The van der Waals surface area contributed by atoms with Crippen LogP contribution in [0, 0.1) is 0 Å². The first-order valence-corrected chi connectivity index (χ1v) is 10.6. The van der Waals surface area contributed by atoms with Crippen molar-refractivity contribution in [1.29, 1.82) is 0 Å². The SMILES string of the molecule is COc1ccc(C2/C(=C(\O)c3cc(Cl)ccc3OC)C(=O)C(=O)N2C2CCCC2)cc1. The van der Waals surface area contributed by atoms with E-state index in [9.17, 15) is 14.7 Å². The molecule has 1 N–H and O–H groups in total. The van der Waals surface area contributed by atoms with Crippen LogP contribution in [-0.4, -0.2) is 42.0 Å². The summed E-state index contributed by atoms with van der Waals surface area (Å²) >= 11 is 6.14. The fourth-order valence-corrected chi connectivity index (χ4v) is 4.71. The predicted molar refractivity (Wildman–Crippen MR) is 117 cm³/mol. The zero-order chi connectivity index (χ0) is 22.1. The summed E-state index contributed by atoms with van der Waals surface area (Å²) in [5, 5.41) is 11.6. The monoisotopic (exact) mass is 441 g/mol. The molecule has 0 spiro atoms. The number of amides is 1. The van der Waals surface area contributed by atoms with E-state index in [1.54, 1.807) is 36.3 Å². The molecule has 1 saturated carbocycles. The van der Waals surface area contributed by atoms with Gasteiger partial charge in [0.1, 0.15) is 17.3 Å². The largest absolute Gasteiger partial charge is 0.507 e. The van der Waals surface area contributed by atoms with E-state index < -0.39 is 17.7 Å². The Labute approximate surface area is 186 Å². The highest BCUT2D eigenvalue weighted by atomic mass is 35.5. The fraction of sp³-hybridized carbons (Fsp3) is 0.333. The first kappa shape index (κ1) is 21.2. The van der Waals surface area contributed by atoms with E-state index in [1.165, 1.54) is 13.2 Å². The van der Waals surface area contributed by atoms with Crippen molar-refractivity contribution in [3.8, 4) is 11.5 Å². The molecule has 0 radical (unpaired) electrons. The average Bonchev–Trinajstić information content (AvgIpc) is 3.40. The lowest BCUT2D eigenvalue weighted by Crippen LogP contribution is -2.37. The zero-order valence-corrected chi connectivity index (χ0v) is 18.2. The lowest BCUT2D eigenvalue weighted by Gasteiger charge is -2.30. The van der Waals surface area contributed by atoms with Crippen LogP contribution in [0.5, 0.6) is 11.5 Å². The lowest BCUT2D eigenvalue weighted by atomic mass is 9.94. The van der Waals surface area contributed by atoms with E-state index in [0.29, 0.717) is 16.5 Å². The third-order valence-electron chi connectivity index (χ3n) is 6.05. The fourth-order valence-electron chi connectivity index (χ4n) is 4.53. The highest BCUT2D eigenvalue weighted by Gasteiger charge is 2.49. The molecule has 0 bridgehead atoms. The van der Waals surface area contributed by atoms with Crippen molar-refractivity contribution in [1.82, 2.24) is 4.90 Å². The molecule has 2 fully saturated rings. The molecule has 1 unspecified atom stereocenters. The van der Waals surface area contributed by atoms with Gasteiger partial charge < -0.3 is 19.5 Å². The highest BCUT2D eigenvalue weighted by molar-refractivity contribution is 6.46. The van der Waals surface area contributed by atoms with Crippen LogP contribution in [0.3, 0.4) is 0 Å². The van der Waals surface area contributed by atoms with Crippen LogP contribution in [0.2, 0.25) is 5.02 Å². The number of hydrogen-bond acceptors (Lipinski definition) is 5. The summed E-state index contributed by atoms with van der Waals surface area (Å²) in [7, 11) is 3.04. The number of nitrogens with zero attached hydrogens (tertiary/aromatic N) is 1. The van der Waals surface area contributed by atoms with Crippen LogP contribution in [0.25, 0.3) is 5.76 Å². The van der Waals surface area contributed by atoms with Crippen LogP contribution in [0.1, 0.15) is 42.9 Å². The summed E-state index contributed by atoms with van der Waals surface area (Å²) in [6.45, 7) is 0. The molecule has 1 heterocycles. The molecule has 6 nitrogen and oxygen atoms in total. The molecular weight excluding hydrogens is 418 g/mol. The minimum absolute atomic E-state index is 0.0441. The normalized spacial score (nSPS) is 21.0. The zero-order valence-electron chi connectivity index (χ0n) is 17.4. The van der Waals surface area contributed by atoms with Gasteiger partial charge >= 0.3 is 0 Å². The van der Waals surface area contributed by atoms with Gasteiger partial charge in [-0.3, -0.25) is 9.59 Å². The van der Waals surface area contributed by atoms with E-state index in [0.717, 1.165) is 31.2 Å². The second-order valence-corrected chi connectivity index (χ2v) is 8.20. The van der Waals surface area contributed by atoms with Crippen LogP contribution in [0.15, 0.2) is 48.0 Å². The summed E-state index contributed by atoms with van der Waals surface area (Å²) in [4.78, 5) is 27.9. The molecule has 1 atom stereocenters. The molecular formula is C24H24ClNO5. The molecule has 2 aliphatic rings. The standard InChI is InChI=1S/C24H24ClNO5/c1-30-17-10-7-14(8-11-17)21-20(22(27)18-13-15(25)9-12-19(18)31-2)23(28)24(29)26(21)16-5-3-4-6-16/h7-13,16,21,27H,3-6H2,1-2H3/b22-20+. The van der Waals surface area contributed by atoms with Gasteiger partial charge in [-0.2, -0.15) is 0 Å². The number of rotatable bonds is 5. The summed E-state index contributed by atoms with van der Waals surface area (Å²) in [6.07, 6.45) is 3.68. The molecule has 2 aromatic rings. The van der Waals surface area contributed by atoms with Gasteiger partial charge in [-0.15, -0.1) is 0 Å². The van der Waals surface area contributed by atoms with Crippen molar-refractivity contribution >= 4 is 29.1 Å². The Kier molecular flexibility index (Phi) is 5.92. The van der Waals surface area contributed by atoms with Crippen LogP contribution < -0.4 is 9.47 Å². The molecule has 162 valence electrons. The number of ketones is 1. The molecule has 2 aromatic carbocycles. The molecule has 4 rings (SSSR count). The maximum absolute atomic E-state index is 13.2. The quantitative estimate of drug-likeness (QED) is 0.412. The van der Waals surface area contributed by atoms with Crippen LogP contribution >= 0.6 is 11.6 Å². The Bertz CT molecular complexity index is 1040. The Balaban J connectivity index is 1.91.